The van der Waals surface area contributed by atoms with Crippen molar-refractivity contribution in [2.45, 2.75) is 26.2 Å². The Hall–Kier alpha value is -0.792. The quantitative estimate of drug-likeness (QED) is 0.434. The van der Waals surface area contributed by atoms with Crippen LogP contribution in [0, 0.1) is 11.8 Å². The molecule has 14 heavy (non-hydrogen) atoms. The summed E-state index contributed by atoms with van der Waals surface area (Å²) >= 11 is 0.108. The number of rotatable bonds is 3. The van der Waals surface area contributed by atoms with Crippen molar-refractivity contribution in [3.8, 4) is 11.8 Å². The fraction of sp³-hybridized carbons (Fsp3) is 0.308. The molecule has 0 saturated carbocycles. The van der Waals surface area contributed by atoms with Crippen LogP contribution < -0.4 is 4.35 Å². The molecule has 0 radical (unpaired) electrons. The summed E-state index contributed by atoms with van der Waals surface area (Å²) in [5.41, 5.74) is 1.12. The minimum atomic E-state index is 0.108. The summed E-state index contributed by atoms with van der Waals surface area (Å²) in [5, 5.41) is 3.93. The van der Waals surface area contributed by atoms with Crippen LogP contribution in [0.5, 0.6) is 0 Å². The third-order valence-corrected chi connectivity index (χ3v) is 3.33. The molecule has 1 rings (SSSR count). The molecule has 0 bridgehead atoms. The van der Waals surface area contributed by atoms with Crippen LogP contribution >= 0.6 is 0 Å². The fourth-order valence-corrected chi connectivity index (χ4v) is 1.83. The van der Waals surface area contributed by atoms with Crippen LogP contribution in [0.1, 0.15) is 31.7 Å². The van der Waals surface area contributed by atoms with Crippen LogP contribution in [-0.2, 0) is 0 Å². The van der Waals surface area contributed by atoms with Crippen molar-refractivity contribution in [3.63, 3.8) is 0 Å². The molecule has 1 aromatic carbocycles. The first-order valence-corrected chi connectivity index (χ1v) is 7.19. The first-order chi connectivity index (χ1) is 6.86. The summed E-state index contributed by atoms with van der Waals surface area (Å²) in [5.74, 6) is 6.35. The van der Waals surface area contributed by atoms with E-state index in [1.54, 1.807) is 0 Å². The fourth-order valence-electron chi connectivity index (χ4n) is 1.08. The van der Waals surface area contributed by atoms with E-state index in [-0.39, 0.29) is 15.3 Å². The van der Waals surface area contributed by atoms with Gasteiger partial charge in [0.25, 0.3) is 0 Å². The van der Waals surface area contributed by atoms with E-state index < -0.39 is 0 Å². The van der Waals surface area contributed by atoms with E-state index in [0.29, 0.717) is 0 Å². The van der Waals surface area contributed by atoms with E-state index in [1.807, 2.05) is 0 Å². The summed E-state index contributed by atoms with van der Waals surface area (Å²) in [7, 11) is 0. The zero-order valence-electron chi connectivity index (χ0n) is 8.59. The Morgan fingerprint density at radius 1 is 1.29 bits per heavy atom. The van der Waals surface area contributed by atoms with Gasteiger partial charge in [-0.25, -0.2) is 0 Å². The molecule has 1 heteroatoms. The maximum atomic E-state index is 3.93. The molecule has 72 valence electrons. The summed E-state index contributed by atoms with van der Waals surface area (Å²) < 4.78 is 1.36. The number of unbranched alkanes of at least 4 members (excludes halogenated alkanes) is 2. The Kier molecular flexibility index (Phi) is 5.34. The molecule has 1 aromatic rings. The van der Waals surface area contributed by atoms with Crippen LogP contribution in [-0.4, -0.2) is 20.6 Å². The molecule has 0 saturated heterocycles. The third-order valence-electron chi connectivity index (χ3n) is 1.94. The molecule has 0 unspecified atom stereocenters. The van der Waals surface area contributed by atoms with E-state index >= 15 is 0 Å². The Morgan fingerprint density at radius 3 is 2.57 bits per heavy atom. The predicted molar refractivity (Wildman–Crippen MR) is 65.4 cm³/mol. The van der Waals surface area contributed by atoms with E-state index in [9.17, 15) is 0 Å². The zero-order valence-corrected chi connectivity index (χ0v) is 10.5. The predicted octanol–water partition coefficient (Wildman–Crippen LogP) is 1.99. The Morgan fingerprint density at radius 2 is 2.00 bits per heavy atom. The molecule has 0 aliphatic heterocycles. The zero-order chi connectivity index (χ0) is 10.2. The number of hydrogen-bond donors (Lipinski definition) is 0. The molecule has 0 N–H and O–H groups in total. The van der Waals surface area contributed by atoms with Crippen LogP contribution in [0.4, 0.5) is 0 Å². The SMILES string of the molecule is C=[As]c1ccc(C#CCCCC)cc1. The van der Waals surface area contributed by atoms with Gasteiger partial charge in [0.1, 0.15) is 0 Å². The van der Waals surface area contributed by atoms with Gasteiger partial charge in [0, 0.05) is 0 Å². The van der Waals surface area contributed by atoms with Gasteiger partial charge in [-0.15, -0.1) is 0 Å². The molecule has 0 nitrogen and oxygen atoms in total. The molecule has 0 aromatic heterocycles. The monoisotopic (exact) mass is 246 g/mol. The average molecular weight is 246 g/mol. The van der Waals surface area contributed by atoms with Gasteiger partial charge >= 0.3 is 92.8 Å². The van der Waals surface area contributed by atoms with E-state index in [1.165, 1.54) is 17.2 Å². The standard InChI is InChI=1S/C13H15As/c1-3-4-5-6-7-12-8-10-13(14-2)11-9-12/h8-11H,2-5H2,1H3. The van der Waals surface area contributed by atoms with E-state index in [4.69, 9.17) is 0 Å². The van der Waals surface area contributed by atoms with Crippen molar-refractivity contribution in [1.82, 2.24) is 0 Å². The van der Waals surface area contributed by atoms with Crippen molar-refractivity contribution in [2.24, 2.45) is 0 Å². The second-order valence-electron chi connectivity index (χ2n) is 3.11. The molecule has 0 amide bonds. The molecule has 0 aliphatic rings. The molecular formula is C13H15As. The molecular weight excluding hydrogens is 231 g/mol. The normalized spacial score (nSPS) is 9.50. The van der Waals surface area contributed by atoms with Crippen molar-refractivity contribution in [3.05, 3.63) is 29.8 Å². The first-order valence-electron chi connectivity index (χ1n) is 4.92. The van der Waals surface area contributed by atoms with Crippen molar-refractivity contribution >= 4 is 25.0 Å². The van der Waals surface area contributed by atoms with Gasteiger partial charge < -0.3 is 0 Å². The first kappa shape index (κ1) is 11.3. The van der Waals surface area contributed by atoms with Gasteiger partial charge in [-0.1, -0.05) is 0 Å². The summed E-state index contributed by atoms with van der Waals surface area (Å²) in [6.07, 6.45) is 3.44. The number of benzene rings is 1. The molecule has 0 atom stereocenters. The van der Waals surface area contributed by atoms with Crippen molar-refractivity contribution in [2.75, 3.05) is 0 Å². The Bertz CT molecular complexity index is 338. The van der Waals surface area contributed by atoms with Gasteiger partial charge in [-0.3, -0.25) is 0 Å². The van der Waals surface area contributed by atoms with Gasteiger partial charge in [-0.2, -0.15) is 0 Å². The molecule has 0 spiro atoms. The van der Waals surface area contributed by atoms with E-state index in [0.717, 1.165) is 12.0 Å². The second kappa shape index (κ2) is 6.63. The topological polar surface area (TPSA) is 0 Å². The summed E-state index contributed by atoms with van der Waals surface area (Å²) in [6.45, 7) is 2.19. The van der Waals surface area contributed by atoms with Crippen molar-refractivity contribution < 1.29 is 0 Å². The van der Waals surface area contributed by atoms with Crippen molar-refractivity contribution in [1.29, 1.82) is 0 Å². The average Bonchev–Trinajstić information content (AvgIpc) is 2.25. The Balaban J connectivity index is 2.57. The maximum absolute atomic E-state index is 3.93. The van der Waals surface area contributed by atoms with Crippen LogP contribution in [0.15, 0.2) is 24.3 Å². The number of hydrogen-bond acceptors (Lipinski definition) is 0. The second-order valence-corrected chi connectivity index (χ2v) is 4.86. The van der Waals surface area contributed by atoms with E-state index in [2.05, 4.69) is 48.3 Å². The summed E-state index contributed by atoms with van der Waals surface area (Å²) in [6, 6.07) is 8.46. The van der Waals surface area contributed by atoms with Crippen LogP contribution in [0.3, 0.4) is 0 Å². The van der Waals surface area contributed by atoms with Crippen LogP contribution in [0.2, 0.25) is 0 Å². The molecule has 0 aliphatic carbocycles. The molecule has 0 fully saturated rings. The molecule has 0 heterocycles. The van der Waals surface area contributed by atoms with Crippen LogP contribution in [0.25, 0.3) is 0 Å². The van der Waals surface area contributed by atoms with Gasteiger partial charge in [0.15, 0.2) is 0 Å². The van der Waals surface area contributed by atoms with Gasteiger partial charge in [0.2, 0.25) is 0 Å². The summed E-state index contributed by atoms with van der Waals surface area (Å²) in [4.78, 5) is 0. The van der Waals surface area contributed by atoms with Gasteiger partial charge in [0.05, 0.1) is 0 Å². The minimum absolute atomic E-state index is 0.108. The Labute approximate surface area is 93.0 Å². The van der Waals surface area contributed by atoms with Gasteiger partial charge in [-0.05, 0) is 0 Å². The third kappa shape index (κ3) is 3.94.